The van der Waals surface area contributed by atoms with Gasteiger partial charge in [-0.25, -0.2) is 4.39 Å². The molecule has 1 heterocycles. The first-order chi connectivity index (χ1) is 9.79. The molecule has 1 saturated carbocycles. The molecule has 0 amide bonds. The van der Waals surface area contributed by atoms with Crippen molar-refractivity contribution in [2.45, 2.75) is 36.2 Å². The summed E-state index contributed by atoms with van der Waals surface area (Å²) in [5.74, 6) is 1.98. The maximum Gasteiger partial charge on any atom is 0.191 e. The molecule has 3 nitrogen and oxygen atoms in total. The molecule has 1 aromatic carbocycles. The highest BCUT2D eigenvalue weighted by Crippen LogP contribution is 2.40. The van der Waals surface area contributed by atoms with Crippen molar-refractivity contribution in [3.63, 3.8) is 0 Å². The molecule has 1 aliphatic rings. The lowest BCUT2D eigenvalue weighted by molar-refractivity contribution is 0.617. The van der Waals surface area contributed by atoms with Gasteiger partial charge in [-0.15, -0.1) is 16.8 Å². The molecule has 1 aliphatic carbocycles. The molecule has 1 fully saturated rings. The second-order valence-electron chi connectivity index (χ2n) is 4.89. The number of halogens is 1. The van der Waals surface area contributed by atoms with Gasteiger partial charge in [-0.2, -0.15) is 0 Å². The van der Waals surface area contributed by atoms with E-state index >= 15 is 0 Å². The quantitative estimate of drug-likeness (QED) is 0.599. The molecule has 20 heavy (non-hydrogen) atoms. The van der Waals surface area contributed by atoms with E-state index in [0.717, 1.165) is 11.0 Å². The zero-order valence-electron chi connectivity index (χ0n) is 11.1. The van der Waals surface area contributed by atoms with E-state index in [1.54, 1.807) is 12.1 Å². The molecule has 2 aromatic rings. The fraction of sp³-hybridized carbons (Fsp3) is 0.333. The van der Waals surface area contributed by atoms with E-state index in [9.17, 15) is 4.39 Å². The van der Waals surface area contributed by atoms with Gasteiger partial charge in [-0.05, 0) is 24.5 Å². The molecule has 0 spiro atoms. The molecular weight excluding hydrogens is 273 g/mol. The highest BCUT2D eigenvalue weighted by atomic mass is 32.2. The molecule has 0 N–H and O–H groups in total. The molecule has 0 aliphatic heterocycles. The van der Waals surface area contributed by atoms with Crippen LogP contribution >= 0.6 is 11.8 Å². The smallest absolute Gasteiger partial charge is 0.191 e. The molecular formula is C15H16FN3S. The summed E-state index contributed by atoms with van der Waals surface area (Å²) < 4.78 is 15.7. The van der Waals surface area contributed by atoms with Crippen molar-refractivity contribution in [2.75, 3.05) is 0 Å². The molecule has 0 atom stereocenters. The molecule has 0 bridgehead atoms. The van der Waals surface area contributed by atoms with E-state index < -0.39 is 0 Å². The number of hydrogen-bond donors (Lipinski definition) is 0. The zero-order chi connectivity index (χ0) is 13.9. The summed E-state index contributed by atoms with van der Waals surface area (Å²) in [6, 6.07) is 6.84. The van der Waals surface area contributed by atoms with Crippen LogP contribution in [-0.4, -0.2) is 14.8 Å². The van der Waals surface area contributed by atoms with Crippen LogP contribution in [0.4, 0.5) is 4.39 Å². The summed E-state index contributed by atoms with van der Waals surface area (Å²) in [6.45, 7) is 4.49. The predicted octanol–water partition coefficient (Wildman–Crippen LogP) is 3.77. The molecule has 104 valence electrons. The molecule has 0 saturated heterocycles. The lowest BCUT2D eigenvalue weighted by Crippen LogP contribution is -2.02. The summed E-state index contributed by atoms with van der Waals surface area (Å²) in [5.41, 5.74) is 0.693. The van der Waals surface area contributed by atoms with Gasteiger partial charge in [0, 0.05) is 18.2 Å². The number of thioether (sulfide) groups is 1. The van der Waals surface area contributed by atoms with Gasteiger partial charge >= 0.3 is 0 Å². The minimum absolute atomic E-state index is 0.169. The Hall–Kier alpha value is -1.62. The molecule has 1 aromatic heterocycles. The fourth-order valence-electron chi connectivity index (χ4n) is 2.11. The van der Waals surface area contributed by atoms with E-state index in [-0.39, 0.29) is 5.82 Å². The Morgan fingerprint density at radius 1 is 1.35 bits per heavy atom. The van der Waals surface area contributed by atoms with Crippen LogP contribution in [-0.2, 0) is 12.3 Å². The van der Waals surface area contributed by atoms with Crippen molar-refractivity contribution in [2.24, 2.45) is 0 Å². The maximum absolute atomic E-state index is 13.6. The maximum atomic E-state index is 13.6. The van der Waals surface area contributed by atoms with E-state index in [4.69, 9.17) is 0 Å². The van der Waals surface area contributed by atoms with Crippen LogP contribution in [0.5, 0.6) is 0 Å². The second-order valence-corrected chi connectivity index (χ2v) is 5.84. The SMILES string of the molecule is C=CCn1c(SCc2ccccc2F)nnc1C1CC1. The Morgan fingerprint density at radius 2 is 2.15 bits per heavy atom. The lowest BCUT2D eigenvalue weighted by atomic mass is 10.2. The van der Waals surface area contributed by atoms with Gasteiger partial charge in [0.25, 0.3) is 0 Å². The Labute approximate surface area is 121 Å². The topological polar surface area (TPSA) is 30.7 Å². The Balaban J connectivity index is 1.77. The Bertz CT molecular complexity index is 619. The molecule has 3 rings (SSSR count). The minimum Gasteiger partial charge on any atom is -0.302 e. The van der Waals surface area contributed by atoms with Gasteiger partial charge in [-0.3, -0.25) is 0 Å². The van der Waals surface area contributed by atoms with Crippen LogP contribution < -0.4 is 0 Å². The lowest BCUT2D eigenvalue weighted by Gasteiger charge is -2.07. The Morgan fingerprint density at radius 3 is 2.85 bits per heavy atom. The van der Waals surface area contributed by atoms with Crippen molar-refractivity contribution < 1.29 is 4.39 Å². The van der Waals surface area contributed by atoms with E-state index in [1.807, 2.05) is 12.1 Å². The number of allylic oxidation sites excluding steroid dienone is 1. The van der Waals surface area contributed by atoms with Gasteiger partial charge in [0.15, 0.2) is 5.16 Å². The molecule has 0 unspecified atom stereocenters. The van der Waals surface area contributed by atoms with Gasteiger partial charge in [0.05, 0.1) is 0 Å². The second kappa shape index (κ2) is 5.79. The third-order valence-electron chi connectivity index (χ3n) is 3.31. The highest BCUT2D eigenvalue weighted by Gasteiger charge is 2.30. The molecule has 0 radical (unpaired) electrons. The van der Waals surface area contributed by atoms with E-state index in [1.165, 1.54) is 30.7 Å². The number of rotatable bonds is 6. The summed E-state index contributed by atoms with van der Waals surface area (Å²) in [4.78, 5) is 0. The standard InChI is InChI=1S/C15H16FN3S/c1-2-9-19-14(11-7-8-11)17-18-15(19)20-10-12-5-3-4-6-13(12)16/h2-6,11H,1,7-10H2. The molecule has 5 heteroatoms. The normalized spacial score (nSPS) is 14.4. The number of benzene rings is 1. The van der Waals surface area contributed by atoms with Crippen LogP contribution in [0.25, 0.3) is 0 Å². The number of nitrogens with zero attached hydrogens (tertiary/aromatic N) is 3. The summed E-state index contributed by atoms with van der Waals surface area (Å²) >= 11 is 1.52. The third-order valence-corrected chi connectivity index (χ3v) is 4.33. The van der Waals surface area contributed by atoms with Gasteiger partial charge in [0.2, 0.25) is 0 Å². The van der Waals surface area contributed by atoms with Crippen molar-refractivity contribution in [1.82, 2.24) is 14.8 Å². The monoisotopic (exact) mass is 289 g/mol. The summed E-state index contributed by atoms with van der Waals surface area (Å²) in [7, 11) is 0. The van der Waals surface area contributed by atoms with Gasteiger partial charge in [0.1, 0.15) is 11.6 Å². The van der Waals surface area contributed by atoms with Crippen LogP contribution in [0.15, 0.2) is 42.1 Å². The zero-order valence-corrected chi connectivity index (χ0v) is 11.9. The summed E-state index contributed by atoms with van der Waals surface area (Å²) in [5, 5.41) is 9.37. The predicted molar refractivity (Wildman–Crippen MR) is 78.2 cm³/mol. The average molecular weight is 289 g/mol. The van der Waals surface area contributed by atoms with Crippen LogP contribution in [0.3, 0.4) is 0 Å². The van der Waals surface area contributed by atoms with Gasteiger partial charge in [-0.1, -0.05) is 36.0 Å². The largest absolute Gasteiger partial charge is 0.302 e. The average Bonchev–Trinajstić information content (AvgIpc) is 3.22. The van der Waals surface area contributed by atoms with Crippen molar-refractivity contribution in [3.05, 3.63) is 54.1 Å². The van der Waals surface area contributed by atoms with Crippen molar-refractivity contribution in [3.8, 4) is 0 Å². The van der Waals surface area contributed by atoms with Crippen molar-refractivity contribution >= 4 is 11.8 Å². The van der Waals surface area contributed by atoms with E-state index in [2.05, 4.69) is 21.3 Å². The summed E-state index contributed by atoms with van der Waals surface area (Å²) in [6.07, 6.45) is 4.23. The highest BCUT2D eigenvalue weighted by molar-refractivity contribution is 7.98. The first-order valence-electron chi connectivity index (χ1n) is 6.70. The van der Waals surface area contributed by atoms with Crippen LogP contribution in [0, 0.1) is 5.82 Å². The van der Waals surface area contributed by atoms with Crippen LogP contribution in [0.2, 0.25) is 0 Å². The third kappa shape index (κ3) is 2.77. The first kappa shape index (κ1) is 13.4. The minimum atomic E-state index is -0.169. The van der Waals surface area contributed by atoms with E-state index in [0.29, 0.717) is 23.8 Å². The first-order valence-corrected chi connectivity index (χ1v) is 7.68. The fourth-order valence-corrected chi connectivity index (χ4v) is 3.05. The number of hydrogen-bond acceptors (Lipinski definition) is 3. The Kier molecular flexibility index (Phi) is 3.87. The van der Waals surface area contributed by atoms with Crippen LogP contribution in [0.1, 0.15) is 30.1 Å². The van der Waals surface area contributed by atoms with Crippen molar-refractivity contribution in [1.29, 1.82) is 0 Å². The number of aromatic nitrogens is 3. The van der Waals surface area contributed by atoms with Gasteiger partial charge < -0.3 is 4.57 Å².